The average molecular weight is 292 g/mol. The third kappa shape index (κ3) is 3.68. The van der Waals surface area contributed by atoms with Crippen molar-refractivity contribution in [2.75, 3.05) is 13.2 Å². The maximum Gasteiger partial charge on any atom is 0.340 e. The summed E-state index contributed by atoms with van der Waals surface area (Å²) in [5, 5.41) is 18.3. The van der Waals surface area contributed by atoms with E-state index >= 15 is 0 Å². The van der Waals surface area contributed by atoms with Gasteiger partial charge in [-0.3, -0.25) is 4.57 Å². The maximum atomic E-state index is 12.9. The number of benzene rings is 1. The lowest BCUT2D eigenvalue weighted by Crippen LogP contribution is -2.14. The quantitative estimate of drug-likeness (QED) is 0.716. The summed E-state index contributed by atoms with van der Waals surface area (Å²) in [7, 11) is -3.59. The van der Waals surface area contributed by atoms with Gasteiger partial charge in [-0.15, -0.1) is 0 Å². The number of hydrogen-bond donors (Lipinski definition) is 0. The second-order valence-electron chi connectivity index (χ2n) is 3.97. The standard InChI is InChI=1S/C14H17N2O3P/c1-3-18-20(17,19-4-2)14(13(10-15)11-16)12-8-6-5-7-9-12/h5-9,13-14H,3-4H2,1-2H3. The molecule has 0 amide bonds. The molecule has 1 aromatic carbocycles. The lowest BCUT2D eigenvalue weighted by Gasteiger charge is -2.27. The van der Waals surface area contributed by atoms with Gasteiger partial charge >= 0.3 is 7.60 Å². The molecule has 0 aliphatic rings. The van der Waals surface area contributed by atoms with E-state index in [0.29, 0.717) is 5.56 Å². The SMILES string of the molecule is CCOP(=O)(OCC)C(c1ccccc1)C(C#N)C#N. The second-order valence-corrected chi connectivity index (χ2v) is 6.12. The first kappa shape index (κ1) is 16.4. The molecule has 1 unspecified atom stereocenters. The lowest BCUT2D eigenvalue weighted by atomic mass is 10.0. The second kappa shape index (κ2) is 7.82. The minimum atomic E-state index is -3.59. The Hall–Kier alpha value is -1.65. The van der Waals surface area contributed by atoms with Crippen molar-refractivity contribution in [1.29, 1.82) is 10.5 Å². The van der Waals surface area contributed by atoms with Gasteiger partial charge < -0.3 is 9.05 Å². The van der Waals surface area contributed by atoms with Crippen molar-refractivity contribution in [2.45, 2.75) is 19.5 Å². The van der Waals surface area contributed by atoms with E-state index in [-0.39, 0.29) is 13.2 Å². The minimum Gasteiger partial charge on any atom is -0.308 e. The highest BCUT2D eigenvalue weighted by Gasteiger charge is 2.42. The van der Waals surface area contributed by atoms with Crippen molar-refractivity contribution in [3.8, 4) is 12.1 Å². The Morgan fingerprint density at radius 3 is 2.00 bits per heavy atom. The first-order chi connectivity index (χ1) is 9.62. The van der Waals surface area contributed by atoms with Crippen LogP contribution in [0.2, 0.25) is 0 Å². The van der Waals surface area contributed by atoms with Crippen molar-refractivity contribution in [1.82, 2.24) is 0 Å². The van der Waals surface area contributed by atoms with Crippen LogP contribution in [0, 0.1) is 28.6 Å². The van der Waals surface area contributed by atoms with Gasteiger partial charge in [-0.05, 0) is 19.4 Å². The Labute approximate surface area is 119 Å². The fraction of sp³-hybridized carbons (Fsp3) is 0.429. The van der Waals surface area contributed by atoms with Crippen molar-refractivity contribution in [3.05, 3.63) is 35.9 Å². The summed E-state index contributed by atoms with van der Waals surface area (Å²) in [6.45, 7) is 3.76. The molecule has 1 atom stereocenters. The molecule has 0 N–H and O–H groups in total. The van der Waals surface area contributed by atoms with Crippen LogP contribution in [0.5, 0.6) is 0 Å². The van der Waals surface area contributed by atoms with Crippen LogP contribution in [0.25, 0.3) is 0 Å². The summed E-state index contributed by atoms with van der Waals surface area (Å²) in [6.07, 6.45) is 0. The Bertz CT molecular complexity index is 524. The van der Waals surface area contributed by atoms with Gasteiger partial charge in [0.25, 0.3) is 0 Å². The molecule has 106 valence electrons. The Morgan fingerprint density at radius 2 is 1.60 bits per heavy atom. The zero-order chi connectivity index (χ0) is 15.0. The number of rotatable bonds is 7. The van der Waals surface area contributed by atoms with E-state index in [1.54, 1.807) is 44.2 Å². The largest absolute Gasteiger partial charge is 0.340 e. The molecule has 20 heavy (non-hydrogen) atoms. The van der Waals surface area contributed by atoms with E-state index in [1.807, 2.05) is 12.1 Å². The molecule has 0 spiro atoms. The van der Waals surface area contributed by atoms with Crippen LogP contribution in [-0.2, 0) is 13.6 Å². The highest BCUT2D eigenvalue weighted by Crippen LogP contribution is 2.63. The fourth-order valence-electron chi connectivity index (χ4n) is 1.94. The van der Waals surface area contributed by atoms with E-state index in [9.17, 15) is 4.57 Å². The van der Waals surface area contributed by atoms with Gasteiger partial charge in [0.15, 0.2) is 5.92 Å². The molecule has 0 saturated carbocycles. The molecule has 1 aromatic rings. The van der Waals surface area contributed by atoms with Gasteiger partial charge in [0.05, 0.1) is 25.4 Å². The molecule has 0 aromatic heterocycles. The number of hydrogen-bond acceptors (Lipinski definition) is 5. The summed E-state index contributed by atoms with van der Waals surface area (Å²) in [5.74, 6) is -1.10. The molecule has 0 fully saturated rings. The molecule has 5 nitrogen and oxygen atoms in total. The van der Waals surface area contributed by atoms with E-state index < -0.39 is 19.2 Å². The Kier molecular flexibility index (Phi) is 6.42. The zero-order valence-corrected chi connectivity index (χ0v) is 12.4. The Morgan fingerprint density at radius 1 is 1.10 bits per heavy atom. The molecular formula is C14H17N2O3P. The lowest BCUT2D eigenvalue weighted by molar-refractivity contribution is 0.209. The smallest absolute Gasteiger partial charge is 0.308 e. The summed E-state index contributed by atoms with van der Waals surface area (Å²) in [6, 6.07) is 12.5. The summed E-state index contributed by atoms with van der Waals surface area (Å²) in [5.41, 5.74) is -0.301. The van der Waals surface area contributed by atoms with Gasteiger partial charge in [0.1, 0.15) is 5.66 Å². The predicted octanol–water partition coefficient (Wildman–Crippen LogP) is 3.66. The zero-order valence-electron chi connectivity index (χ0n) is 11.5. The van der Waals surface area contributed by atoms with Crippen molar-refractivity contribution >= 4 is 7.60 Å². The van der Waals surface area contributed by atoms with Crippen molar-refractivity contribution in [3.63, 3.8) is 0 Å². The van der Waals surface area contributed by atoms with Crippen LogP contribution in [0.3, 0.4) is 0 Å². The van der Waals surface area contributed by atoms with Gasteiger partial charge in [0.2, 0.25) is 0 Å². The van der Waals surface area contributed by atoms with Crippen LogP contribution in [-0.4, -0.2) is 13.2 Å². The van der Waals surface area contributed by atoms with E-state index in [0.717, 1.165) is 0 Å². The molecular weight excluding hydrogens is 275 g/mol. The number of nitriles is 2. The highest BCUT2D eigenvalue weighted by molar-refractivity contribution is 7.54. The molecule has 0 saturated heterocycles. The molecule has 0 aliphatic carbocycles. The van der Waals surface area contributed by atoms with Crippen LogP contribution >= 0.6 is 7.60 Å². The van der Waals surface area contributed by atoms with Gasteiger partial charge in [-0.2, -0.15) is 10.5 Å². The first-order valence-electron chi connectivity index (χ1n) is 6.35. The molecule has 0 heterocycles. The summed E-state index contributed by atoms with van der Waals surface area (Å²) < 4.78 is 23.5. The normalized spacial score (nSPS) is 12.7. The highest BCUT2D eigenvalue weighted by atomic mass is 31.2. The van der Waals surface area contributed by atoms with E-state index in [2.05, 4.69) is 0 Å². The topological polar surface area (TPSA) is 83.1 Å². The van der Waals surface area contributed by atoms with Crippen LogP contribution in [0.1, 0.15) is 25.1 Å². The Balaban J connectivity index is 3.33. The van der Waals surface area contributed by atoms with E-state index in [1.165, 1.54) is 0 Å². The maximum absolute atomic E-state index is 12.9. The monoisotopic (exact) mass is 292 g/mol. The molecule has 0 bridgehead atoms. The summed E-state index contributed by atoms with van der Waals surface area (Å²) in [4.78, 5) is 0. The van der Waals surface area contributed by atoms with Crippen molar-refractivity contribution < 1.29 is 13.6 Å². The van der Waals surface area contributed by atoms with Gasteiger partial charge in [-0.25, -0.2) is 0 Å². The third-order valence-corrected chi connectivity index (χ3v) is 5.21. The fourth-order valence-corrected chi connectivity index (χ4v) is 4.09. The third-order valence-electron chi connectivity index (χ3n) is 2.69. The summed E-state index contributed by atoms with van der Waals surface area (Å²) >= 11 is 0. The number of nitrogens with zero attached hydrogens (tertiary/aromatic N) is 2. The molecule has 1 rings (SSSR count). The first-order valence-corrected chi connectivity index (χ1v) is 7.97. The van der Waals surface area contributed by atoms with Gasteiger partial charge in [-0.1, -0.05) is 30.3 Å². The molecule has 0 aliphatic heterocycles. The average Bonchev–Trinajstić information content (AvgIpc) is 2.45. The van der Waals surface area contributed by atoms with Gasteiger partial charge in [0, 0.05) is 0 Å². The predicted molar refractivity (Wildman–Crippen MR) is 74.8 cm³/mol. The molecule has 0 radical (unpaired) electrons. The van der Waals surface area contributed by atoms with Crippen LogP contribution in [0.15, 0.2) is 30.3 Å². The molecule has 6 heteroatoms. The van der Waals surface area contributed by atoms with E-state index in [4.69, 9.17) is 19.6 Å². The van der Waals surface area contributed by atoms with Crippen LogP contribution in [0.4, 0.5) is 0 Å². The minimum absolute atomic E-state index is 0.185. The van der Waals surface area contributed by atoms with Crippen LogP contribution < -0.4 is 0 Å². The van der Waals surface area contributed by atoms with Crippen molar-refractivity contribution in [2.24, 2.45) is 5.92 Å².